The van der Waals surface area contributed by atoms with Crippen molar-refractivity contribution in [2.24, 2.45) is 10.9 Å². The van der Waals surface area contributed by atoms with E-state index in [9.17, 15) is 4.39 Å². The molecule has 0 aliphatic carbocycles. The fourth-order valence-electron chi connectivity index (χ4n) is 1.53. The Kier molecular flexibility index (Phi) is 3.49. The lowest BCUT2D eigenvalue weighted by atomic mass is 10.2. The van der Waals surface area contributed by atoms with Crippen LogP contribution in [-0.2, 0) is 0 Å². The van der Waals surface area contributed by atoms with Gasteiger partial charge in [0, 0.05) is 12.3 Å². The number of nitrogens with zero attached hydrogens (tertiary/aromatic N) is 1. The number of halogens is 1. The van der Waals surface area contributed by atoms with Crippen LogP contribution >= 0.6 is 11.8 Å². The molecule has 2 rings (SSSR count). The lowest BCUT2D eigenvalue weighted by Gasteiger charge is -2.19. The van der Waals surface area contributed by atoms with Crippen molar-refractivity contribution in [3.05, 3.63) is 29.6 Å². The van der Waals surface area contributed by atoms with Crippen LogP contribution < -0.4 is 5.32 Å². The van der Waals surface area contributed by atoms with E-state index in [4.69, 9.17) is 0 Å². The highest BCUT2D eigenvalue weighted by molar-refractivity contribution is 8.14. The topological polar surface area (TPSA) is 24.4 Å². The third-order valence-electron chi connectivity index (χ3n) is 2.51. The van der Waals surface area contributed by atoms with Crippen molar-refractivity contribution < 1.29 is 4.39 Å². The summed E-state index contributed by atoms with van der Waals surface area (Å²) in [6.45, 7) is 4.88. The lowest BCUT2D eigenvalue weighted by molar-refractivity contribution is 0.631. The van der Waals surface area contributed by atoms with E-state index in [1.807, 2.05) is 13.0 Å². The fourth-order valence-corrected chi connectivity index (χ4v) is 2.42. The molecule has 0 spiro atoms. The molecule has 0 saturated heterocycles. The van der Waals surface area contributed by atoms with E-state index in [2.05, 4.69) is 17.2 Å². The number of hydrogen-bond acceptors (Lipinski definition) is 3. The van der Waals surface area contributed by atoms with Gasteiger partial charge in [-0.15, -0.1) is 0 Å². The van der Waals surface area contributed by atoms with Gasteiger partial charge in [-0.2, -0.15) is 0 Å². The second-order valence-corrected chi connectivity index (χ2v) is 5.13. The van der Waals surface area contributed by atoms with Gasteiger partial charge in [0.25, 0.3) is 0 Å². The van der Waals surface area contributed by atoms with E-state index in [1.54, 1.807) is 17.8 Å². The Morgan fingerprint density at radius 1 is 1.50 bits per heavy atom. The van der Waals surface area contributed by atoms with E-state index in [-0.39, 0.29) is 5.82 Å². The fraction of sp³-hybridized carbons (Fsp3) is 0.417. The third-order valence-corrected chi connectivity index (χ3v) is 3.75. The summed E-state index contributed by atoms with van der Waals surface area (Å²) in [5, 5.41) is 3.90. The smallest absolute Gasteiger partial charge is 0.161 e. The number of anilines is 1. The van der Waals surface area contributed by atoms with E-state index in [0.29, 0.717) is 11.6 Å². The van der Waals surface area contributed by atoms with Gasteiger partial charge in [-0.1, -0.05) is 30.8 Å². The molecule has 1 aliphatic rings. The standard InChI is InChI=1S/C12H15FN2S/c1-8-6-14-12(16-7-8)15-11-9(2)4-3-5-10(11)13/h3-5,8H,6-7H2,1-2H3,(H,14,15). The predicted octanol–water partition coefficient (Wildman–Crippen LogP) is 3.28. The van der Waals surface area contributed by atoms with Crippen molar-refractivity contribution in [2.45, 2.75) is 13.8 Å². The van der Waals surface area contributed by atoms with Crippen molar-refractivity contribution in [3.63, 3.8) is 0 Å². The van der Waals surface area contributed by atoms with Crippen LogP contribution in [0.3, 0.4) is 0 Å². The maximum atomic E-state index is 13.6. The number of thioether (sulfide) groups is 1. The Hall–Kier alpha value is -1.03. The molecule has 1 N–H and O–H groups in total. The van der Waals surface area contributed by atoms with Crippen LogP contribution in [0, 0.1) is 18.7 Å². The lowest BCUT2D eigenvalue weighted by Crippen LogP contribution is -2.19. The normalized spacial score (nSPS) is 20.4. The zero-order chi connectivity index (χ0) is 11.5. The van der Waals surface area contributed by atoms with Crippen LogP contribution in [0.25, 0.3) is 0 Å². The molecule has 0 bridgehead atoms. The number of amidine groups is 1. The van der Waals surface area contributed by atoms with Crippen molar-refractivity contribution >= 4 is 22.6 Å². The van der Waals surface area contributed by atoms with Gasteiger partial charge in [0.15, 0.2) is 5.17 Å². The summed E-state index contributed by atoms with van der Waals surface area (Å²) < 4.78 is 13.6. The first-order valence-corrected chi connectivity index (χ1v) is 6.35. The number of aliphatic imine (C=N–C) groups is 1. The van der Waals surface area contributed by atoms with Crippen LogP contribution in [0.5, 0.6) is 0 Å². The summed E-state index contributed by atoms with van der Waals surface area (Å²) in [7, 11) is 0. The summed E-state index contributed by atoms with van der Waals surface area (Å²) >= 11 is 1.66. The number of para-hydroxylation sites is 1. The second kappa shape index (κ2) is 4.87. The van der Waals surface area contributed by atoms with Crippen LogP contribution in [0.2, 0.25) is 0 Å². The Labute approximate surface area is 99.3 Å². The Balaban J connectivity index is 2.15. The molecule has 16 heavy (non-hydrogen) atoms. The molecule has 1 aromatic carbocycles. The van der Waals surface area contributed by atoms with Crippen molar-refractivity contribution in [1.82, 2.24) is 0 Å². The zero-order valence-electron chi connectivity index (χ0n) is 9.46. The predicted molar refractivity (Wildman–Crippen MR) is 68.7 cm³/mol. The molecule has 1 aliphatic heterocycles. The average Bonchev–Trinajstić information content (AvgIpc) is 2.26. The van der Waals surface area contributed by atoms with Gasteiger partial charge < -0.3 is 5.32 Å². The summed E-state index contributed by atoms with van der Waals surface area (Å²) in [5.41, 5.74) is 1.45. The summed E-state index contributed by atoms with van der Waals surface area (Å²) in [4.78, 5) is 4.39. The maximum absolute atomic E-state index is 13.6. The first-order chi connectivity index (χ1) is 7.66. The van der Waals surface area contributed by atoms with Gasteiger partial charge in [0.1, 0.15) is 5.82 Å². The Morgan fingerprint density at radius 2 is 2.31 bits per heavy atom. The third kappa shape index (κ3) is 2.55. The highest BCUT2D eigenvalue weighted by Gasteiger charge is 2.14. The maximum Gasteiger partial charge on any atom is 0.161 e. The van der Waals surface area contributed by atoms with Crippen molar-refractivity contribution in [3.8, 4) is 0 Å². The first-order valence-electron chi connectivity index (χ1n) is 5.36. The second-order valence-electron chi connectivity index (χ2n) is 4.12. The van der Waals surface area contributed by atoms with E-state index in [1.165, 1.54) is 6.07 Å². The molecule has 1 aromatic rings. The molecular formula is C12H15FN2S. The van der Waals surface area contributed by atoms with Gasteiger partial charge in [-0.25, -0.2) is 4.39 Å². The van der Waals surface area contributed by atoms with E-state index in [0.717, 1.165) is 23.0 Å². The van der Waals surface area contributed by atoms with Crippen LogP contribution in [0.15, 0.2) is 23.2 Å². The molecule has 0 amide bonds. The summed E-state index contributed by atoms with van der Waals surface area (Å²) in [5.74, 6) is 1.43. The summed E-state index contributed by atoms with van der Waals surface area (Å²) in [6.07, 6.45) is 0. The molecule has 0 fully saturated rings. The van der Waals surface area contributed by atoms with Gasteiger partial charge >= 0.3 is 0 Å². The minimum absolute atomic E-state index is 0.220. The molecule has 0 radical (unpaired) electrons. The number of nitrogens with one attached hydrogen (secondary N) is 1. The van der Waals surface area contributed by atoms with Crippen LogP contribution in [-0.4, -0.2) is 17.5 Å². The molecule has 0 saturated carbocycles. The highest BCUT2D eigenvalue weighted by atomic mass is 32.2. The molecule has 0 aromatic heterocycles. The molecule has 2 nitrogen and oxygen atoms in total. The molecule has 86 valence electrons. The van der Waals surface area contributed by atoms with Crippen LogP contribution in [0.1, 0.15) is 12.5 Å². The number of aryl methyl sites for hydroxylation is 1. The van der Waals surface area contributed by atoms with E-state index >= 15 is 0 Å². The average molecular weight is 238 g/mol. The Morgan fingerprint density at radius 3 is 2.94 bits per heavy atom. The highest BCUT2D eigenvalue weighted by Crippen LogP contribution is 2.23. The van der Waals surface area contributed by atoms with Gasteiger partial charge in [0.05, 0.1) is 5.69 Å². The number of rotatable bonds is 1. The molecular weight excluding hydrogens is 223 g/mol. The molecule has 1 atom stereocenters. The zero-order valence-corrected chi connectivity index (χ0v) is 10.3. The number of benzene rings is 1. The van der Waals surface area contributed by atoms with Gasteiger partial charge in [-0.3, -0.25) is 4.99 Å². The minimum Gasteiger partial charge on any atom is -0.332 e. The molecule has 1 unspecified atom stereocenters. The van der Waals surface area contributed by atoms with Crippen molar-refractivity contribution in [2.75, 3.05) is 17.6 Å². The Bertz CT molecular complexity index is 397. The summed E-state index contributed by atoms with van der Waals surface area (Å²) in [6, 6.07) is 5.07. The molecule has 4 heteroatoms. The SMILES string of the molecule is Cc1cccc(F)c1NC1=NCC(C)CS1. The van der Waals surface area contributed by atoms with Crippen molar-refractivity contribution in [1.29, 1.82) is 0 Å². The molecule has 1 heterocycles. The quantitative estimate of drug-likeness (QED) is 0.812. The van der Waals surface area contributed by atoms with Gasteiger partial charge in [-0.05, 0) is 24.5 Å². The van der Waals surface area contributed by atoms with Gasteiger partial charge in [0.2, 0.25) is 0 Å². The monoisotopic (exact) mass is 238 g/mol. The van der Waals surface area contributed by atoms with Crippen LogP contribution in [0.4, 0.5) is 10.1 Å². The number of hydrogen-bond donors (Lipinski definition) is 1. The minimum atomic E-state index is -0.220. The first kappa shape index (κ1) is 11.5. The van der Waals surface area contributed by atoms with E-state index < -0.39 is 0 Å². The largest absolute Gasteiger partial charge is 0.332 e.